The molecule has 2 aliphatic rings. The van der Waals surface area contributed by atoms with Gasteiger partial charge >= 0.3 is 5.97 Å². The predicted octanol–water partition coefficient (Wildman–Crippen LogP) is -5.29. The number of carboxylic acids is 1. The summed E-state index contributed by atoms with van der Waals surface area (Å²) in [7, 11) is 0. The van der Waals surface area contributed by atoms with E-state index in [0.717, 1.165) is 0 Å². The molecule has 2 aliphatic heterocycles. The lowest BCUT2D eigenvalue weighted by molar-refractivity contribution is -0.355. The van der Waals surface area contributed by atoms with Crippen LogP contribution in [0.2, 0.25) is 0 Å². The van der Waals surface area contributed by atoms with Crippen LogP contribution in [-0.2, 0) is 23.7 Å². The first-order valence-corrected chi connectivity index (χ1v) is 8.12. The summed E-state index contributed by atoms with van der Waals surface area (Å²) in [6.45, 7) is -1.86. The SMILES string of the molecule is O=C(O)COC[C@H]1O[C@@H](O[C@H]2[C@H](O)[C@@H](O)[C@@H](O)O[C@@H]2CO)[C@H](O)[C@@H](O)[C@H]1O. The number of hydrogen-bond acceptors (Lipinski definition) is 12. The molecule has 0 aromatic heterocycles. The molecule has 0 unspecified atom stereocenters. The third-order valence-electron chi connectivity index (χ3n) is 4.31. The van der Waals surface area contributed by atoms with E-state index in [1.54, 1.807) is 0 Å². The monoisotopic (exact) mass is 400 g/mol. The van der Waals surface area contributed by atoms with Gasteiger partial charge in [0.1, 0.15) is 55.4 Å². The van der Waals surface area contributed by atoms with Gasteiger partial charge in [-0.3, -0.25) is 0 Å². The van der Waals surface area contributed by atoms with E-state index in [2.05, 4.69) is 0 Å². The van der Waals surface area contributed by atoms with Crippen LogP contribution in [0.15, 0.2) is 0 Å². The predicted molar refractivity (Wildman–Crippen MR) is 80.0 cm³/mol. The molecular weight excluding hydrogens is 376 g/mol. The van der Waals surface area contributed by atoms with E-state index in [0.29, 0.717) is 0 Å². The van der Waals surface area contributed by atoms with Crippen molar-refractivity contribution in [3.63, 3.8) is 0 Å². The van der Waals surface area contributed by atoms with Gasteiger partial charge in [0.2, 0.25) is 0 Å². The van der Waals surface area contributed by atoms with Gasteiger partial charge < -0.3 is 59.8 Å². The summed E-state index contributed by atoms with van der Waals surface area (Å²) in [5, 5.41) is 77.0. The molecule has 2 saturated heterocycles. The Morgan fingerprint density at radius 2 is 1.52 bits per heavy atom. The fraction of sp³-hybridized carbons (Fsp3) is 0.929. The number of carbonyl (C=O) groups is 1. The zero-order valence-corrected chi connectivity index (χ0v) is 14.0. The van der Waals surface area contributed by atoms with Gasteiger partial charge in [0.15, 0.2) is 12.6 Å². The van der Waals surface area contributed by atoms with Crippen LogP contribution >= 0.6 is 0 Å². The van der Waals surface area contributed by atoms with Crippen molar-refractivity contribution in [3.8, 4) is 0 Å². The summed E-state index contributed by atoms with van der Waals surface area (Å²) in [5.74, 6) is -1.27. The Bertz CT molecular complexity index is 488. The summed E-state index contributed by atoms with van der Waals surface area (Å²) >= 11 is 0. The number of carboxylic acid groups (broad SMARTS) is 1. The summed E-state index contributed by atoms with van der Waals surface area (Å²) in [5.41, 5.74) is 0. The maximum Gasteiger partial charge on any atom is 0.329 e. The van der Waals surface area contributed by atoms with Crippen LogP contribution in [-0.4, -0.2) is 128 Å². The van der Waals surface area contributed by atoms with Crippen LogP contribution in [0.4, 0.5) is 0 Å². The molecule has 0 amide bonds. The second-order valence-electron chi connectivity index (χ2n) is 6.25. The molecule has 13 nitrogen and oxygen atoms in total. The summed E-state index contributed by atoms with van der Waals surface area (Å²) in [4.78, 5) is 10.5. The number of hydrogen-bond donors (Lipinski definition) is 8. The van der Waals surface area contributed by atoms with Crippen molar-refractivity contribution in [1.82, 2.24) is 0 Å². The van der Waals surface area contributed by atoms with E-state index < -0.39 is 87.2 Å². The Balaban J connectivity index is 2.07. The molecule has 0 bridgehead atoms. The Morgan fingerprint density at radius 1 is 0.852 bits per heavy atom. The van der Waals surface area contributed by atoms with Gasteiger partial charge in [0.05, 0.1) is 13.2 Å². The molecule has 2 heterocycles. The highest BCUT2D eigenvalue weighted by molar-refractivity contribution is 5.67. The Kier molecular flexibility index (Phi) is 7.84. The van der Waals surface area contributed by atoms with E-state index >= 15 is 0 Å². The highest BCUT2D eigenvalue weighted by Gasteiger charge is 2.50. The minimum absolute atomic E-state index is 0.453. The zero-order chi connectivity index (χ0) is 20.3. The second-order valence-corrected chi connectivity index (χ2v) is 6.25. The number of rotatable bonds is 7. The normalized spacial score (nSPS) is 45.6. The molecule has 0 aliphatic carbocycles. The lowest BCUT2D eigenvalue weighted by Crippen LogP contribution is -2.64. The van der Waals surface area contributed by atoms with Gasteiger partial charge in [-0.15, -0.1) is 0 Å². The maximum absolute atomic E-state index is 10.5. The molecule has 158 valence electrons. The highest BCUT2D eigenvalue weighted by Crippen LogP contribution is 2.28. The number of aliphatic hydroxyl groups is 7. The third kappa shape index (κ3) is 5.10. The van der Waals surface area contributed by atoms with E-state index in [9.17, 15) is 40.5 Å². The van der Waals surface area contributed by atoms with Crippen molar-refractivity contribution in [3.05, 3.63) is 0 Å². The van der Waals surface area contributed by atoms with Gasteiger partial charge in [-0.2, -0.15) is 0 Å². The summed E-state index contributed by atoms with van der Waals surface area (Å²) in [6.07, 6.45) is -16.1. The quantitative estimate of drug-likeness (QED) is 0.201. The van der Waals surface area contributed by atoms with Crippen molar-refractivity contribution in [2.24, 2.45) is 0 Å². The van der Waals surface area contributed by atoms with E-state index in [1.165, 1.54) is 0 Å². The molecule has 2 rings (SSSR count). The van der Waals surface area contributed by atoms with Gasteiger partial charge in [-0.25, -0.2) is 4.79 Å². The van der Waals surface area contributed by atoms with Crippen LogP contribution in [0, 0.1) is 0 Å². The zero-order valence-electron chi connectivity index (χ0n) is 14.0. The van der Waals surface area contributed by atoms with Gasteiger partial charge in [0.25, 0.3) is 0 Å². The van der Waals surface area contributed by atoms with E-state index in [-0.39, 0.29) is 0 Å². The minimum atomic E-state index is -1.79. The first kappa shape index (κ1) is 22.3. The maximum atomic E-state index is 10.5. The Morgan fingerprint density at radius 3 is 2.11 bits per heavy atom. The molecule has 13 heteroatoms. The van der Waals surface area contributed by atoms with Crippen molar-refractivity contribution in [1.29, 1.82) is 0 Å². The first-order valence-electron chi connectivity index (χ1n) is 8.12. The lowest BCUT2D eigenvalue weighted by atomic mass is 9.97. The van der Waals surface area contributed by atoms with Crippen LogP contribution in [0.3, 0.4) is 0 Å². The van der Waals surface area contributed by atoms with E-state index in [4.69, 9.17) is 24.1 Å². The number of ether oxygens (including phenoxy) is 4. The average molecular weight is 400 g/mol. The minimum Gasteiger partial charge on any atom is -0.480 e. The molecule has 8 N–H and O–H groups in total. The van der Waals surface area contributed by atoms with Crippen molar-refractivity contribution in [2.75, 3.05) is 19.8 Å². The smallest absolute Gasteiger partial charge is 0.329 e. The highest BCUT2D eigenvalue weighted by atomic mass is 16.7. The Labute approximate surface area is 152 Å². The fourth-order valence-corrected chi connectivity index (χ4v) is 2.82. The molecule has 0 aromatic carbocycles. The second kappa shape index (κ2) is 9.49. The largest absolute Gasteiger partial charge is 0.480 e. The molecule has 27 heavy (non-hydrogen) atoms. The van der Waals surface area contributed by atoms with Crippen LogP contribution < -0.4 is 0 Å². The first-order chi connectivity index (χ1) is 12.7. The third-order valence-corrected chi connectivity index (χ3v) is 4.31. The summed E-state index contributed by atoms with van der Waals surface area (Å²) < 4.78 is 20.3. The lowest BCUT2D eigenvalue weighted by Gasteiger charge is -2.45. The van der Waals surface area contributed by atoms with Gasteiger partial charge in [-0.05, 0) is 0 Å². The fourth-order valence-electron chi connectivity index (χ4n) is 2.82. The summed E-state index contributed by atoms with van der Waals surface area (Å²) in [6, 6.07) is 0. The number of aliphatic hydroxyl groups excluding tert-OH is 7. The molecule has 10 atom stereocenters. The topological polar surface area (TPSA) is 216 Å². The van der Waals surface area contributed by atoms with Crippen molar-refractivity contribution >= 4 is 5.97 Å². The standard InChI is InChI=1S/C14H24O13/c15-1-4-12(9(20)10(21)13(23)25-4)27-14-11(22)8(19)7(18)5(26-14)2-24-3-6(16)17/h4-5,7-15,18-23H,1-3H2,(H,16,17)/t4-,5-,7+,8+,9-,10-,11-,12-,13+,14+/m1/s1. The molecule has 0 aromatic rings. The molecule has 0 radical (unpaired) electrons. The molecule has 2 fully saturated rings. The van der Waals surface area contributed by atoms with Gasteiger partial charge in [0, 0.05) is 0 Å². The van der Waals surface area contributed by atoms with Crippen LogP contribution in [0.25, 0.3) is 0 Å². The van der Waals surface area contributed by atoms with Crippen molar-refractivity contribution in [2.45, 2.75) is 61.4 Å². The molecule has 0 saturated carbocycles. The van der Waals surface area contributed by atoms with Crippen LogP contribution in [0.1, 0.15) is 0 Å². The Hall–Kier alpha value is -0.970. The average Bonchev–Trinajstić information content (AvgIpc) is 2.63. The number of aliphatic carboxylic acids is 1. The van der Waals surface area contributed by atoms with Crippen LogP contribution in [0.5, 0.6) is 0 Å². The molecular formula is C14H24O13. The van der Waals surface area contributed by atoms with Gasteiger partial charge in [-0.1, -0.05) is 0 Å². The molecule has 0 spiro atoms. The van der Waals surface area contributed by atoms with Crippen molar-refractivity contribution < 1.29 is 64.6 Å². The van der Waals surface area contributed by atoms with E-state index in [1.807, 2.05) is 0 Å².